The van der Waals surface area contributed by atoms with Crippen molar-refractivity contribution in [2.24, 2.45) is 0 Å². The second-order valence-electron chi connectivity index (χ2n) is 3.59. The quantitative estimate of drug-likeness (QED) is 0.694. The number of hydrogen-bond acceptors (Lipinski definition) is 2. The molecular weight excluding hydrogens is 178 g/mol. The van der Waals surface area contributed by atoms with E-state index in [0.29, 0.717) is 12.1 Å². The van der Waals surface area contributed by atoms with Crippen LogP contribution in [0.2, 0.25) is 0 Å². The molecule has 1 saturated heterocycles. The number of hydrogen-bond donors (Lipinski definition) is 1. The predicted molar refractivity (Wildman–Crippen MR) is 61.0 cm³/mol. The van der Waals surface area contributed by atoms with Gasteiger partial charge in [0.1, 0.15) is 0 Å². The molecule has 74 valence electrons. The van der Waals surface area contributed by atoms with E-state index in [9.17, 15) is 0 Å². The van der Waals surface area contributed by atoms with Gasteiger partial charge < -0.3 is 5.32 Å². The highest BCUT2D eigenvalue weighted by atomic mass is 32.2. The van der Waals surface area contributed by atoms with Crippen LogP contribution in [0.5, 0.6) is 0 Å². The second-order valence-corrected chi connectivity index (χ2v) is 4.74. The zero-order chi connectivity index (χ0) is 9.52. The van der Waals surface area contributed by atoms with Crippen molar-refractivity contribution in [2.45, 2.75) is 44.7 Å². The summed E-state index contributed by atoms with van der Waals surface area (Å²) in [5.74, 6) is 5.39. The standard InChI is InChI=1S/C11H19NS/c1-3-6-10(4-2)12-11-7-5-8-13-9-11/h2,10-12H,3,5-9H2,1H3. The van der Waals surface area contributed by atoms with Gasteiger partial charge in [-0.1, -0.05) is 19.3 Å². The molecule has 2 atom stereocenters. The maximum absolute atomic E-state index is 5.46. The molecule has 0 amide bonds. The molecule has 1 aliphatic rings. The Hall–Kier alpha value is -0.130. The Morgan fingerprint density at radius 2 is 2.54 bits per heavy atom. The van der Waals surface area contributed by atoms with E-state index in [1.54, 1.807) is 0 Å². The lowest BCUT2D eigenvalue weighted by Gasteiger charge is -2.25. The van der Waals surface area contributed by atoms with Crippen LogP contribution in [-0.4, -0.2) is 23.6 Å². The van der Waals surface area contributed by atoms with E-state index in [4.69, 9.17) is 6.42 Å². The summed E-state index contributed by atoms with van der Waals surface area (Å²) in [5, 5.41) is 3.55. The monoisotopic (exact) mass is 197 g/mol. The van der Waals surface area contributed by atoms with E-state index in [0.717, 1.165) is 6.42 Å². The SMILES string of the molecule is C#CC(CCC)NC1CCCSC1. The summed E-state index contributed by atoms with van der Waals surface area (Å²) in [4.78, 5) is 0. The third kappa shape index (κ3) is 4.06. The van der Waals surface area contributed by atoms with Crippen molar-refractivity contribution in [1.82, 2.24) is 5.32 Å². The lowest BCUT2D eigenvalue weighted by atomic mass is 10.1. The summed E-state index contributed by atoms with van der Waals surface area (Å²) in [5.41, 5.74) is 0. The van der Waals surface area contributed by atoms with Crippen LogP contribution in [0, 0.1) is 12.3 Å². The maximum atomic E-state index is 5.46. The predicted octanol–water partition coefficient (Wildman–Crippen LogP) is 2.27. The zero-order valence-corrected chi connectivity index (χ0v) is 9.20. The first-order valence-corrected chi connectivity index (χ1v) is 6.32. The molecule has 0 spiro atoms. The Morgan fingerprint density at radius 3 is 3.08 bits per heavy atom. The summed E-state index contributed by atoms with van der Waals surface area (Å²) >= 11 is 2.04. The minimum Gasteiger partial charge on any atom is -0.300 e. The largest absolute Gasteiger partial charge is 0.300 e. The Balaban J connectivity index is 2.24. The van der Waals surface area contributed by atoms with Crippen molar-refractivity contribution in [1.29, 1.82) is 0 Å². The smallest absolute Gasteiger partial charge is 0.0689 e. The van der Waals surface area contributed by atoms with Crippen LogP contribution >= 0.6 is 11.8 Å². The molecule has 1 heterocycles. The number of rotatable bonds is 4. The fourth-order valence-electron chi connectivity index (χ4n) is 1.66. The van der Waals surface area contributed by atoms with Gasteiger partial charge in [0.05, 0.1) is 6.04 Å². The molecule has 1 nitrogen and oxygen atoms in total. The molecule has 0 bridgehead atoms. The van der Waals surface area contributed by atoms with E-state index in [2.05, 4.69) is 18.2 Å². The van der Waals surface area contributed by atoms with Crippen LogP contribution in [0.15, 0.2) is 0 Å². The Labute approximate surface area is 86.1 Å². The Bertz CT molecular complexity index is 167. The highest BCUT2D eigenvalue weighted by Crippen LogP contribution is 2.17. The average molecular weight is 197 g/mol. The van der Waals surface area contributed by atoms with Gasteiger partial charge in [0, 0.05) is 11.8 Å². The van der Waals surface area contributed by atoms with Crippen LogP contribution in [0.3, 0.4) is 0 Å². The average Bonchev–Trinajstić information content (AvgIpc) is 2.19. The second kappa shape index (κ2) is 6.34. The number of thioether (sulfide) groups is 1. The van der Waals surface area contributed by atoms with Crippen molar-refractivity contribution in [2.75, 3.05) is 11.5 Å². The van der Waals surface area contributed by atoms with Crippen molar-refractivity contribution in [3.05, 3.63) is 0 Å². The van der Waals surface area contributed by atoms with Crippen LogP contribution in [0.4, 0.5) is 0 Å². The van der Waals surface area contributed by atoms with Gasteiger partial charge in [-0.05, 0) is 25.0 Å². The molecule has 1 N–H and O–H groups in total. The molecule has 2 unspecified atom stereocenters. The molecule has 0 aromatic heterocycles. The molecule has 0 saturated carbocycles. The van der Waals surface area contributed by atoms with Gasteiger partial charge in [-0.25, -0.2) is 0 Å². The molecule has 1 rings (SSSR count). The third-order valence-corrected chi connectivity index (χ3v) is 3.59. The van der Waals surface area contributed by atoms with Gasteiger partial charge >= 0.3 is 0 Å². The van der Waals surface area contributed by atoms with Crippen molar-refractivity contribution in [3.8, 4) is 12.3 Å². The van der Waals surface area contributed by atoms with E-state index in [1.165, 1.54) is 30.8 Å². The Morgan fingerprint density at radius 1 is 1.69 bits per heavy atom. The molecule has 0 aromatic rings. The Kier molecular flexibility index (Phi) is 5.34. The van der Waals surface area contributed by atoms with E-state index >= 15 is 0 Å². The van der Waals surface area contributed by atoms with Crippen molar-refractivity contribution in [3.63, 3.8) is 0 Å². The molecule has 13 heavy (non-hydrogen) atoms. The molecule has 0 aromatic carbocycles. The highest BCUT2D eigenvalue weighted by Gasteiger charge is 2.15. The summed E-state index contributed by atoms with van der Waals surface area (Å²) < 4.78 is 0. The van der Waals surface area contributed by atoms with Crippen LogP contribution in [0.25, 0.3) is 0 Å². The lowest BCUT2D eigenvalue weighted by molar-refractivity contribution is 0.456. The minimum atomic E-state index is 0.300. The topological polar surface area (TPSA) is 12.0 Å². The van der Waals surface area contributed by atoms with Crippen LogP contribution in [-0.2, 0) is 0 Å². The minimum absolute atomic E-state index is 0.300. The fraction of sp³-hybridized carbons (Fsp3) is 0.818. The molecule has 1 aliphatic heterocycles. The van der Waals surface area contributed by atoms with E-state index in [-0.39, 0.29) is 0 Å². The zero-order valence-electron chi connectivity index (χ0n) is 8.38. The highest BCUT2D eigenvalue weighted by molar-refractivity contribution is 7.99. The normalized spacial score (nSPS) is 25.1. The van der Waals surface area contributed by atoms with Crippen molar-refractivity contribution < 1.29 is 0 Å². The van der Waals surface area contributed by atoms with Gasteiger partial charge in [0.25, 0.3) is 0 Å². The summed E-state index contributed by atoms with van der Waals surface area (Å²) in [6.07, 6.45) is 10.4. The summed E-state index contributed by atoms with van der Waals surface area (Å²) in [7, 11) is 0. The summed E-state index contributed by atoms with van der Waals surface area (Å²) in [6.45, 7) is 2.18. The van der Waals surface area contributed by atoms with E-state index in [1.807, 2.05) is 11.8 Å². The first-order chi connectivity index (χ1) is 6.36. The summed E-state index contributed by atoms with van der Waals surface area (Å²) in [6, 6.07) is 0.958. The van der Waals surface area contributed by atoms with Gasteiger partial charge in [-0.2, -0.15) is 11.8 Å². The first kappa shape index (κ1) is 10.9. The van der Waals surface area contributed by atoms with E-state index < -0.39 is 0 Å². The van der Waals surface area contributed by atoms with Gasteiger partial charge in [0.15, 0.2) is 0 Å². The lowest BCUT2D eigenvalue weighted by Crippen LogP contribution is -2.40. The maximum Gasteiger partial charge on any atom is 0.0689 e. The van der Waals surface area contributed by atoms with Gasteiger partial charge in [-0.15, -0.1) is 6.42 Å². The molecule has 0 radical (unpaired) electrons. The number of nitrogens with one attached hydrogen (secondary N) is 1. The molecule has 1 fully saturated rings. The molecule has 0 aliphatic carbocycles. The fourth-order valence-corrected chi connectivity index (χ4v) is 2.75. The first-order valence-electron chi connectivity index (χ1n) is 5.16. The number of terminal acetylenes is 1. The van der Waals surface area contributed by atoms with Crippen LogP contribution < -0.4 is 5.32 Å². The van der Waals surface area contributed by atoms with Gasteiger partial charge in [0.2, 0.25) is 0 Å². The molecule has 2 heteroatoms. The van der Waals surface area contributed by atoms with Gasteiger partial charge in [-0.3, -0.25) is 0 Å². The van der Waals surface area contributed by atoms with Crippen LogP contribution in [0.1, 0.15) is 32.6 Å². The van der Waals surface area contributed by atoms with Crippen molar-refractivity contribution >= 4 is 11.8 Å². The molecular formula is C11H19NS. The third-order valence-electron chi connectivity index (χ3n) is 2.38.